The molecule has 1 N–H and O–H groups in total. The Morgan fingerprint density at radius 1 is 1.26 bits per heavy atom. The minimum Gasteiger partial charge on any atom is -0.497 e. The zero-order chi connectivity index (χ0) is 21.2. The van der Waals surface area contributed by atoms with E-state index in [1.807, 2.05) is 47.4 Å². The van der Waals surface area contributed by atoms with E-state index in [0.29, 0.717) is 17.2 Å². The molecule has 0 saturated carbocycles. The molecule has 5 rings (SSSR count). The van der Waals surface area contributed by atoms with E-state index in [1.165, 1.54) is 11.3 Å². The highest BCUT2D eigenvalue weighted by molar-refractivity contribution is 7.22. The van der Waals surface area contributed by atoms with Gasteiger partial charge >= 0.3 is 0 Å². The Labute approximate surface area is 184 Å². The number of amides is 1. The number of para-hydroxylation sites is 1. The normalized spacial score (nSPS) is 14.9. The van der Waals surface area contributed by atoms with Crippen LogP contribution in [0.25, 0.3) is 21.1 Å². The van der Waals surface area contributed by atoms with E-state index in [9.17, 15) is 4.79 Å². The Morgan fingerprint density at radius 2 is 2.10 bits per heavy atom. The fourth-order valence-electron chi connectivity index (χ4n) is 3.88. The number of methoxy groups -OCH3 is 1. The van der Waals surface area contributed by atoms with Gasteiger partial charge in [-0.1, -0.05) is 29.5 Å². The van der Waals surface area contributed by atoms with Gasteiger partial charge in [0, 0.05) is 49.3 Å². The molecule has 4 aromatic rings. The van der Waals surface area contributed by atoms with Crippen molar-refractivity contribution >= 4 is 43.5 Å². The summed E-state index contributed by atoms with van der Waals surface area (Å²) in [5.41, 5.74) is 2.45. The van der Waals surface area contributed by atoms with Crippen LogP contribution in [0.1, 0.15) is 10.4 Å². The number of rotatable bonds is 6. The average molecular weight is 437 g/mol. The summed E-state index contributed by atoms with van der Waals surface area (Å²) in [5.74, 6) is 0.712. The number of carbonyl (C=O) groups is 1. The number of thiazole rings is 1. The van der Waals surface area contributed by atoms with Gasteiger partial charge in [-0.25, -0.2) is 4.98 Å². The number of morpholine rings is 1. The van der Waals surface area contributed by atoms with Crippen molar-refractivity contribution in [1.29, 1.82) is 0 Å². The minimum atomic E-state index is -0.0447. The maximum Gasteiger partial charge on any atom is 0.262 e. The number of H-pyrrole nitrogens is 1. The highest BCUT2D eigenvalue weighted by Gasteiger charge is 2.25. The van der Waals surface area contributed by atoms with Crippen molar-refractivity contribution in [2.75, 3.05) is 51.4 Å². The van der Waals surface area contributed by atoms with Crippen LogP contribution in [0.5, 0.6) is 5.75 Å². The quantitative estimate of drug-likeness (QED) is 0.498. The first-order valence-corrected chi connectivity index (χ1v) is 11.2. The first kappa shape index (κ1) is 20.0. The molecule has 1 fully saturated rings. The molecule has 1 amide bonds. The topological polar surface area (TPSA) is 70.7 Å². The molecule has 2 aromatic heterocycles. The molecule has 0 bridgehead atoms. The van der Waals surface area contributed by atoms with Crippen LogP contribution in [0, 0.1) is 0 Å². The van der Waals surface area contributed by atoms with Gasteiger partial charge in [-0.05, 0) is 18.2 Å². The van der Waals surface area contributed by atoms with Crippen molar-refractivity contribution in [3.8, 4) is 5.75 Å². The van der Waals surface area contributed by atoms with Gasteiger partial charge < -0.3 is 14.5 Å². The molecule has 3 heterocycles. The van der Waals surface area contributed by atoms with Gasteiger partial charge in [-0.3, -0.25) is 14.6 Å². The maximum atomic E-state index is 13.7. The molecule has 1 saturated heterocycles. The van der Waals surface area contributed by atoms with Crippen LogP contribution >= 0.6 is 11.3 Å². The zero-order valence-electron chi connectivity index (χ0n) is 17.3. The van der Waals surface area contributed by atoms with Gasteiger partial charge in [0.05, 0.1) is 36.1 Å². The number of hydrogen-bond acceptors (Lipinski definition) is 6. The zero-order valence-corrected chi connectivity index (χ0v) is 18.2. The second-order valence-electron chi connectivity index (χ2n) is 7.49. The highest BCUT2D eigenvalue weighted by atomic mass is 32.1. The van der Waals surface area contributed by atoms with Gasteiger partial charge in [0.2, 0.25) is 0 Å². The number of hydrogen-bond donors (Lipinski definition) is 1. The number of fused-ring (bicyclic) bond motifs is 2. The Balaban J connectivity index is 1.49. The van der Waals surface area contributed by atoms with Gasteiger partial charge in [0.25, 0.3) is 5.91 Å². The standard InChI is InChI=1S/C23H24N4O3S/c1-29-16-6-7-21-20(14-16)25-23(31-21)27(9-8-26-10-12-30-13-11-26)22(28)18-15-24-19-5-3-2-4-17(18)19/h2-7,14-15,24H,8-13H2,1H3. The maximum absolute atomic E-state index is 13.7. The molecule has 0 atom stereocenters. The first-order chi connectivity index (χ1) is 15.2. The Hall–Kier alpha value is -2.94. The van der Waals surface area contributed by atoms with Crippen LogP contribution in [0.4, 0.5) is 5.13 Å². The monoisotopic (exact) mass is 436 g/mol. The lowest BCUT2D eigenvalue weighted by atomic mass is 10.1. The van der Waals surface area contributed by atoms with Crippen molar-refractivity contribution in [3.63, 3.8) is 0 Å². The average Bonchev–Trinajstić information content (AvgIpc) is 3.43. The second kappa shape index (κ2) is 8.66. The van der Waals surface area contributed by atoms with E-state index >= 15 is 0 Å². The molecular formula is C23H24N4O3S. The number of carbonyl (C=O) groups excluding carboxylic acids is 1. The number of nitrogens with one attached hydrogen (secondary N) is 1. The lowest BCUT2D eigenvalue weighted by Gasteiger charge is -2.29. The van der Waals surface area contributed by atoms with Crippen LogP contribution < -0.4 is 9.64 Å². The molecule has 31 heavy (non-hydrogen) atoms. The predicted molar refractivity (Wildman–Crippen MR) is 123 cm³/mol. The third kappa shape index (κ3) is 4.01. The summed E-state index contributed by atoms with van der Waals surface area (Å²) in [4.78, 5) is 25.8. The molecule has 1 aliphatic rings. The minimum absolute atomic E-state index is 0.0447. The van der Waals surface area contributed by atoms with E-state index in [-0.39, 0.29) is 5.91 Å². The van der Waals surface area contributed by atoms with Crippen molar-refractivity contribution in [1.82, 2.24) is 14.9 Å². The van der Waals surface area contributed by atoms with Crippen LogP contribution in [-0.4, -0.2) is 67.3 Å². The number of anilines is 1. The second-order valence-corrected chi connectivity index (χ2v) is 8.50. The summed E-state index contributed by atoms with van der Waals surface area (Å²) < 4.78 is 11.8. The van der Waals surface area contributed by atoms with Crippen molar-refractivity contribution in [2.45, 2.75) is 0 Å². The molecule has 0 aliphatic carbocycles. The molecule has 8 heteroatoms. The number of aromatic amines is 1. The Morgan fingerprint density at radius 3 is 2.94 bits per heavy atom. The number of aromatic nitrogens is 2. The van der Waals surface area contributed by atoms with Crippen LogP contribution in [0.2, 0.25) is 0 Å². The molecule has 7 nitrogen and oxygen atoms in total. The van der Waals surface area contributed by atoms with E-state index in [0.717, 1.165) is 59.7 Å². The predicted octanol–water partition coefficient (Wildman–Crippen LogP) is 3.77. The lowest BCUT2D eigenvalue weighted by molar-refractivity contribution is 0.0391. The fraction of sp³-hybridized carbons (Fsp3) is 0.304. The van der Waals surface area contributed by atoms with Gasteiger partial charge in [-0.15, -0.1) is 0 Å². The third-order valence-corrected chi connectivity index (χ3v) is 6.68. The van der Waals surface area contributed by atoms with Crippen LogP contribution in [-0.2, 0) is 4.74 Å². The molecule has 2 aromatic carbocycles. The molecule has 160 valence electrons. The summed E-state index contributed by atoms with van der Waals surface area (Å²) in [7, 11) is 1.64. The van der Waals surface area contributed by atoms with Gasteiger partial charge in [-0.2, -0.15) is 0 Å². The summed E-state index contributed by atoms with van der Waals surface area (Å²) in [6, 6.07) is 13.7. The highest BCUT2D eigenvalue weighted by Crippen LogP contribution is 2.32. The van der Waals surface area contributed by atoms with Crippen LogP contribution in [0.3, 0.4) is 0 Å². The van der Waals surface area contributed by atoms with Gasteiger partial charge in [0.15, 0.2) is 5.13 Å². The summed E-state index contributed by atoms with van der Waals surface area (Å²) >= 11 is 1.53. The van der Waals surface area contributed by atoms with Crippen molar-refractivity contribution in [2.24, 2.45) is 0 Å². The Bertz CT molecular complexity index is 1210. The number of ether oxygens (including phenoxy) is 2. The molecule has 0 spiro atoms. The third-order valence-electron chi connectivity index (χ3n) is 5.62. The summed E-state index contributed by atoms with van der Waals surface area (Å²) in [5, 5.41) is 1.62. The Kier molecular flexibility index (Phi) is 5.59. The van der Waals surface area contributed by atoms with E-state index in [2.05, 4.69) is 9.88 Å². The fourth-order valence-corrected chi connectivity index (χ4v) is 4.85. The smallest absolute Gasteiger partial charge is 0.262 e. The molecular weight excluding hydrogens is 412 g/mol. The molecule has 1 aliphatic heterocycles. The lowest BCUT2D eigenvalue weighted by Crippen LogP contribution is -2.43. The number of benzene rings is 2. The molecule has 0 radical (unpaired) electrons. The largest absolute Gasteiger partial charge is 0.497 e. The van der Waals surface area contributed by atoms with E-state index < -0.39 is 0 Å². The van der Waals surface area contributed by atoms with Gasteiger partial charge in [0.1, 0.15) is 5.75 Å². The summed E-state index contributed by atoms with van der Waals surface area (Å²) in [6.45, 7) is 4.57. The first-order valence-electron chi connectivity index (χ1n) is 10.4. The van der Waals surface area contributed by atoms with Crippen molar-refractivity contribution in [3.05, 3.63) is 54.2 Å². The number of nitrogens with zero attached hydrogens (tertiary/aromatic N) is 3. The van der Waals surface area contributed by atoms with E-state index in [1.54, 1.807) is 13.3 Å². The van der Waals surface area contributed by atoms with E-state index in [4.69, 9.17) is 14.5 Å². The summed E-state index contributed by atoms with van der Waals surface area (Å²) in [6.07, 6.45) is 1.80. The van der Waals surface area contributed by atoms with Crippen LogP contribution in [0.15, 0.2) is 48.7 Å². The van der Waals surface area contributed by atoms with Crippen molar-refractivity contribution < 1.29 is 14.3 Å². The molecule has 0 unspecified atom stereocenters. The SMILES string of the molecule is COc1ccc2sc(N(CCN3CCOCC3)C(=O)c3c[nH]c4ccccc34)nc2c1.